The summed E-state index contributed by atoms with van der Waals surface area (Å²) in [6.07, 6.45) is 2.70. The number of Topliss-reactive ketones (excluding diaryl/α,β-unsaturated/α-hetero) is 1. The molecular formula is C16H14N2O5. The van der Waals surface area contributed by atoms with Crippen molar-refractivity contribution in [1.29, 1.82) is 0 Å². The fraction of sp³-hybridized carbons (Fsp3) is 0.188. The molecule has 23 heavy (non-hydrogen) atoms. The lowest BCUT2D eigenvalue weighted by Crippen LogP contribution is -2.45. The van der Waals surface area contributed by atoms with Gasteiger partial charge in [-0.15, -0.1) is 0 Å². The molecule has 0 fully saturated rings. The van der Waals surface area contributed by atoms with E-state index in [1.54, 1.807) is 18.2 Å². The van der Waals surface area contributed by atoms with Gasteiger partial charge in [0.05, 0.1) is 0 Å². The molecule has 7 nitrogen and oxygen atoms in total. The third kappa shape index (κ3) is 3.57. The van der Waals surface area contributed by atoms with Crippen molar-refractivity contribution in [2.45, 2.75) is 19.6 Å². The van der Waals surface area contributed by atoms with Crippen molar-refractivity contribution in [2.24, 2.45) is 0 Å². The standard InChI is InChI=1S/C16H14N2O5/c1-11(19)22-16(23-12(2)20,15-17-9-6-10-18-15)14(21)13-7-4-3-5-8-13/h3-10H,1-2H3. The van der Waals surface area contributed by atoms with Gasteiger partial charge in [-0.1, -0.05) is 30.3 Å². The number of hydrogen-bond acceptors (Lipinski definition) is 7. The van der Waals surface area contributed by atoms with Gasteiger partial charge in [0, 0.05) is 31.8 Å². The third-order valence-corrected chi connectivity index (χ3v) is 2.77. The molecule has 0 amide bonds. The highest BCUT2D eigenvalue weighted by molar-refractivity contribution is 6.03. The second kappa shape index (κ2) is 6.78. The molecule has 0 saturated heterocycles. The van der Waals surface area contributed by atoms with Gasteiger partial charge in [-0.3, -0.25) is 14.4 Å². The van der Waals surface area contributed by atoms with Crippen LogP contribution >= 0.6 is 0 Å². The lowest BCUT2D eigenvalue weighted by Gasteiger charge is -2.28. The molecule has 0 spiro atoms. The molecule has 0 unspecified atom stereocenters. The molecule has 7 heteroatoms. The van der Waals surface area contributed by atoms with Gasteiger partial charge in [0.25, 0.3) is 5.78 Å². The molecule has 0 bridgehead atoms. The van der Waals surface area contributed by atoms with Gasteiger partial charge in [-0.05, 0) is 6.07 Å². The lowest BCUT2D eigenvalue weighted by molar-refractivity contribution is -0.214. The minimum absolute atomic E-state index is 0.183. The van der Waals surface area contributed by atoms with Crippen LogP contribution in [0.2, 0.25) is 0 Å². The van der Waals surface area contributed by atoms with Crippen LogP contribution in [0.1, 0.15) is 30.0 Å². The Bertz CT molecular complexity index is 700. The smallest absolute Gasteiger partial charge is 0.383 e. The summed E-state index contributed by atoms with van der Waals surface area (Å²) in [6.45, 7) is 2.19. The molecule has 2 aromatic rings. The van der Waals surface area contributed by atoms with Gasteiger partial charge < -0.3 is 9.47 Å². The molecule has 0 atom stereocenters. The van der Waals surface area contributed by atoms with Gasteiger partial charge in [0.15, 0.2) is 0 Å². The Morgan fingerprint density at radius 1 is 0.870 bits per heavy atom. The molecule has 1 aromatic heterocycles. The second-order valence-corrected chi connectivity index (χ2v) is 4.57. The normalized spacial score (nSPS) is 10.7. The first-order valence-electron chi connectivity index (χ1n) is 6.72. The zero-order valence-corrected chi connectivity index (χ0v) is 12.6. The maximum atomic E-state index is 12.9. The predicted octanol–water partition coefficient (Wildman–Crippen LogP) is 1.64. The van der Waals surface area contributed by atoms with Crippen molar-refractivity contribution < 1.29 is 23.9 Å². The summed E-state index contributed by atoms with van der Waals surface area (Å²) in [4.78, 5) is 43.8. The Hall–Kier alpha value is -3.09. The molecule has 1 aromatic carbocycles. The van der Waals surface area contributed by atoms with E-state index in [2.05, 4.69) is 9.97 Å². The van der Waals surface area contributed by atoms with Crippen LogP contribution in [0.5, 0.6) is 0 Å². The van der Waals surface area contributed by atoms with Crippen molar-refractivity contribution in [1.82, 2.24) is 9.97 Å². The zero-order valence-electron chi connectivity index (χ0n) is 12.6. The van der Waals surface area contributed by atoms with Crippen LogP contribution < -0.4 is 0 Å². The molecule has 1 heterocycles. The fourth-order valence-corrected chi connectivity index (χ4v) is 1.96. The first-order valence-corrected chi connectivity index (χ1v) is 6.72. The highest BCUT2D eigenvalue weighted by Crippen LogP contribution is 2.29. The van der Waals surface area contributed by atoms with Crippen LogP contribution in [-0.4, -0.2) is 27.7 Å². The van der Waals surface area contributed by atoms with Gasteiger partial charge in [-0.2, -0.15) is 0 Å². The maximum absolute atomic E-state index is 12.9. The highest BCUT2D eigenvalue weighted by atomic mass is 16.7. The first-order chi connectivity index (χ1) is 11.0. The minimum Gasteiger partial charge on any atom is -0.408 e. The van der Waals surface area contributed by atoms with Crippen LogP contribution in [0, 0.1) is 0 Å². The average Bonchev–Trinajstić information content (AvgIpc) is 2.54. The van der Waals surface area contributed by atoms with E-state index in [0.29, 0.717) is 0 Å². The molecule has 2 rings (SSSR count). The first kappa shape index (κ1) is 16.3. The van der Waals surface area contributed by atoms with Crippen molar-refractivity contribution in [2.75, 3.05) is 0 Å². The van der Waals surface area contributed by atoms with Crippen LogP contribution in [0.4, 0.5) is 0 Å². The summed E-state index contributed by atoms with van der Waals surface area (Å²) in [5.74, 6) is -4.99. The number of hydrogen-bond donors (Lipinski definition) is 0. The quantitative estimate of drug-likeness (QED) is 0.470. The molecule has 0 N–H and O–H groups in total. The SMILES string of the molecule is CC(=O)OC(OC(C)=O)(C(=O)c1ccccc1)c1ncccn1. The minimum atomic E-state index is -2.36. The van der Waals surface area contributed by atoms with E-state index in [9.17, 15) is 14.4 Å². The molecule has 0 saturated carbocycles. The van der Waals surface area contributed by atoms with Crippen LogP contribution in [0.15, 0.2) is 48.8 Å². The summed E-state index contributed by atoms with van der Waals surface area (Å²) in [5.41, 5.74) is 0.183. The summed E-state index contributed by atoms with van der Waals surface area (Å²) in [6, 6.07) is 9.51. The van der Waals surface area contributed by atoms with E-state index < -0.39 is 23.5 Å². The van der Waals surface area contributed by atoms with E-state index in [-0.39, 0.29) is 11.4 Å². The summed E-state index contributed by atoms with van der Waals surface area (Å²) >= 11 is 0. The van der Waals surface area contributed by atoms with Crippen molar-refractivity contribution in [3.63, 3.8) is 0 Å². The number of rotatable bonds is 5. The Morgan fingerprint density at radius 2 is 1.39 bits per heavy atom. The summed E-state index contributed by atoms with van der Waals surface area (Å²) in [5, 5.41) is 0. The molecule has 0 aliphatic heterocycles. The molecule has 0 aliphatic carbocycles. The van der Waals surface area contributed by atoms with Crippen LogP contribution in [0.25, 0.3) is 0 Å². The Kier molecular flexibility index (Phi) is 4.80. The van der Waals surface area contributed by atoms with Gasteiger partial charge in [0.1, 0.15) is 0 Å². The molecule has 0 radical (unpaired) electrons. The second-order valence-electron chi connectivity index (χ2n) is 4.57. The number of benzene rings is 1. The fourth-order valence-electron chi connectivity index (χ4n) is 1.96. The van der Waals surface area contributed by atoms with E-state index >= 15 is 0 Å². The van der Waals surface area contributed by atoms with Gasteiger partial charge in [0.2, 0.25) is 5.82 Å². The maximum Gasteiger partial charge on any atom is 0.383 e. The Morgan fingerprint density at radius 3 is 1.87 bits per heavy atom. The molecule has 0 aliphatic rings. The number of carbonyl (C=O) groups is 3. The average molecular weight is 314 g/mol. The van der Waals surface area contributed by atoms with E-state index in [0.717, 1.165) is 13.8 Å². The van der Waals surface area contributed by atoms with Crippen molar-refractivity contribution in [3.8, 4) is 0 Å². The Labute approximate surface area is 132 Å². The largest absolute Gasteiger partial charge is 0.408 e. The summed E-state index contributed by atoms with van der Waals surface area (Å²) in [7, 11) is 0. The van der Waals surface area contributed by atoms with E-state index in [1.807, 2.05) is 0 Å². The lowest BCUT2D eigenvalue weighted by atomic mass is 10.0. The highest BCUT2D eigenvalue weighted by Gasteiger charge is 2.51. The number of nitrogens with zero attached hydrogens (tertiary/aromatic N) is 2. The summed E-state index contributed by atoms with van der Waals surface area (Å²) < 4.78 is 10.2. The van der Waals surface area contributed by atoms with E-state index in [4.69, 9.17) is 9.47 Å². The topological polar surface area (TPSA) is 95.5 Å². The molecule has 118 valence electrons. The third-order valence-electron chi connectivity index (χ3n) is 2.77. The predicted molar refractivity (Wildman–Crippen MR) is 78.0 cm³/mol. The monoisotopic (exact) mass is 314 g/mol. The number of carbonyl (C=O) groups excluding carboxylic acids is 3. The van der Waals surface area contributed by atoms with Gasteiger partial charge in [-0.25, -0.2) is 9.97 Å². The van der Waals surface area contributed by atoms with Crippen LogP contribution in [-0.2, 0) is 24.8 Å². The van der Waals surface area contributed by atoms with Gasteiger partial charge >= 0.3 is 17.7 Å². The Balaban J connectivity index is 2.63. The van der Waals surface area contributed by atoms with Crippen molar-refractivity contribution >= 4 is 17.7 Å². The van der Waals surface area contributed by atoms with Crippen molar-refractivity contribution in [3.05, 3.63) is 60.2 Å². The number of aromatic nitrogens is 2. The molecular weight excluding hydrogens is 300 g/mol. The van der Waals surface area contributed by atoms with Crippen LogP contribution in [0.3, 0.4) is 0 Å². The number of ether oxygens (including phenoxy) is 2. The van der Waals surface area contributed by atoms with E-state index in [1.165, 1.54) is 30.6 Å². The number of ketones is 1. The number of esters is 2. The zero-order chi connectivity index (χ0) is 16.9.